The second kappa shape index (κ2) is 10.1. The van der Waals surface area contributed by atoms with Crippen molar-refractivity contribution in [3.63, 3.8) is 0 Å². The summed E-state index contributed by atoms with van der Waals surface area (Å²) >= 11 is 1.66. The Labute approximate surface area is 139 Å². The number of thiazole rings is 1. The number of aromatic nitrogens is 1. The first-order valence-electron chi connectivity index (χ1n) is 8.11. The summed E-state index contributed by atoms with van der Waals surface area (Å²) in [7, 11) is 1.67. The number of aryl methyl sites for hydroxylation is 1. The molecule has 22 heavy (non-hydrogen) atoms. The highest BCUT2D eigenvalue weighted by Crippen LogP contribution is 2.29. The van der Waals surface area contributed by atoms with Crippen molar-refractivity contribution in [3.8, 4) is 0 Å². The molecule has 0 aliphatic heterocycles. The van der Waals surface area contributed by atoms with E-state index in [1.165, 1.54) is 0 Å². The molecule has 1 heterocycles. The first kappa shape index (κ1) is 19.3. The van der Waals surface area contributed by atoms with Crippen molar-refractivity contribution in [2.45, 2.75) is 59.6 Å². The van der Waals surface area contributed by atoms with Crippen molar-refractivity contribution in [2.75, 3.05) is 13.2 Å². The van der Waals surface area contributed by atoms with Crippen LogP contribution < -0.4 is 0 Å². The molecule has 2 atom stereocenters. The van der Waals surface area contributed by atoms with Crippen molar-refractivity contribution in [1.29, 1.82) is 0 Å². The predicted molar refractivity (Wildman–Crippen MR) is 94.0 cm³/mol. The Morgan fingerprint density at radius 3 is 2.64 bits per heavy atom. The molecule has 1 aromatic rings. The quantitative estimate of drug-likeness (QED) is 0.462. The number of nitrogens with zero attached hydrogens (tertiary/aromatic N) is 2. The minimum Gasteiger partial charge on any atom is -0.371 e. The molecule has 0 aromatic carbocycles. The topological polar surface area (TPSA) is 42.4 Å². The maximum atomic E-state index is 11.0. The lowest BCUT2D eigenvalue weighted by atomic mass is 9.85. The number of carbonyl (C=O) groups is 1. The molecule has 1 aromatic heterocycles. The summed E-state index contributed by atoms with van der Waals surface area (Å²) < 4.78 is 5.95. The third-order valence-corrected chi connectivity index (χ3v) is 4.72. The van der Waals surface area contributed by atoms with Gasteiger partial charge in [0.25, 0.3) is 7.41 Å². The van der Waals surface area contributed by atoms with E-state index in [2.05, 4.69) is 35.9 Å². The van der Waals surface area contributed by atoms with Gasteiger partial charge in [-0.15, -0.1) is 11.3 Å². The number of carbonyl (C=O) groups excluding carboxylic acids is 1. The molecular weight excluding hydrogens is 295 g/mol. The molecule has 0 aliphatic rings. The van der Waals surface area contributed by atoms with E-state index < -0.39 is 0 Å². The Morgan fingerprint density at radius 2 is 2.18 bits per heavy atom. The van der Waals surface area contributed by atoms with Crippen LogP contribution in [0.2, 0.25) is 0 Å². The van der Waals surface area contributed by atoms with E-state index in [1.54, 1.807) is 18.8 Å². The lowest BCUT2D eigenvalue weighted by Gasteiger charge is -2.35. The molecular formula is C16H28BN2O2S. The summed E-state index contributed by atoms with van der Waals surface area (Å²) in [6.07, 6.45) is 2.75. The fraction of sp³-hybridized carbons (Fsp3) is 0.750. The minimum atomic E-state index is -0.00416. The van der Waals surface area contributed by atoms with Gasteiger partial charge in [0.05, 0.1) is 6.19 Å². The van der Waals surface area contributed by atoms with Gasteiger partial charge in [-0.2, -0.15) is 0 Å². The van der Waals surface area contributed by atoms with E-state index in [0.717, 1.165) is 36.3 Å². The average Bonchev–Trinajstić information content (AvgIpc) is 2.89. The van der Waals surface area contributed by atoms with Crippen molar-refractivity contribution in [1.82, 2.24) is 9.79 Å². The first-order valence-corrected chi connectivity index (χ1v) is 8.99. The molecule has 0 fully saturated rings. The van der Waals surface area contributed by atoms with Crippen molar-refractivity contribution in [3.05, 3.63) is 16.1 Å². The highest BCUT2D eigenvalue weighted by Gasteiger charge is 2.27. The molecule has 0 spiro atoms. The molecule has 123 valence electrons. The van der Waals surface area contributed by atoms with Crippen molar-refractivity contribution >= 4 is 24.9 Å². The second-order valence-corrected chi connectivity index (χ2v) is 6.73. The monoisotopic (exact) mass is 323 g/mol. The molecule has 0 saturated heterocycles. The summed E-state index contributed by atoms with van der Waals surface area (Å²) in [5, 5.41) is 3.10. The highest BCUT2D eigenvalue weighted by atomic mass is 32.1. The van der Waals surface area contributed by atoms with E-state index in [1.807, 2.05) is 13.8 Å². The van der Waals surface area contributed by atoms with Crippen LogP contribution in [0.25, 0.3) is 0 Å². The summed E-state index contributed by atoms with van der Waals surface area (Å²) in [5.41, 5.74) is 1.04. The molecule has 1 rings (SSSR count). The largest absolute Gasteiger partial charge is 0.371 e. The Bertz CT molecular complexity index is 440. The molecule has 0 aliphatic carbocycles. The van der Waals surface area contributed by atoms with Gasteiger partial charge in [-0.3, -0.25) is 0 Å². The van der Waals surface area contributed by atoms with Crippen LogP contribution in [0.1, 0.15) is 57.3 Å². The van der Waals surface area contributed by atoms with Crippen LogP contribution in [0.5, 0.6) is 0 Å². The molecule has 0 unspecified atom stereocenters. The summed E-state index contributed by atoms with van der Waals surface area (Å²) in [5.74, 6) is 0.437. The zero-order chi connectivity index (χ0) is 16.5. The molecule has 4 nitrogen and oxygen atoms in total. The fourth-order valence-electron chi connectivity index (χ4n) is 2.66. The van der Waals surface area contributed by atoms with Crippen LogP contribution >= 0.6 is 11.3 Å². The van der Waals surface area contributed by atoms with Gasteiger partial charge in [0, 0.05) is 23.7 Å². The lowest BCUT2D eigenvalue weighted by Crippen LogP contribution is -2.43. The Balaban J connectivity index is 2.90. The molecule has 0 N–H and O–H groups in total. The Kier molecular flexibility index (Phi) is 8.90. The summed E-state index contributed by atoms with van der Waals surface area (Å²) in [6, 6.07) is 0.269. The van der Waals surface area contributed by atoms with Crippen molar-refractivity contribution in [2.24, 2.45) is 5.92 Å². The van der Waals surface area contributed by atoms with E-state index in [9.17, 15) is 4.79 Å². The predicted octanol–water partition coefficient (Wildman–Crippen LogP) is 3.47. The van der Waals surface area contributed by atoms with E-state index in [4.69, 9.17) is 4.74 Å². The van der Waals surface area contributed by atoms with Gasteiger partial charge < -0.3 is 14.3 Å². The molecule has 0 saturated carbocycles. The van der Waals surface area contributed by atoms with Gasteiger partial charge >= 0.3 is 0 Å². The first-order chi connectivity index (χ1) is 10.5. The minimum absolute atomic E-state index is 0.00416. The number of ether oxygens (including phenoxy) is 1. The smallest absolute Gasteiger partial charge is 0.293 e. The normalized spacial score (nSPS) is 14.3. The van der Waals surface area contributed by atoms with Gasteiger partial charge in [-0.05, 0) is 39.2 Å². The summed E-state index contributed by atoms with van der Waals surface area (Å²) in [6.45, 7) is 12.1. The van der Waals surface area contributed by atoms with Gasteiger partial charge in [0.2, 0.25) is 0 Å². The number of hydrogen-bond donors (Lipinski definition) is 0. The Hall–Kier alpha value is -0.715. The van der Waals surface area contributed by atoms with E-state index >= 15 is 0 Å². The molecule has 6 heteroatoms. The zero-order valence-electron chi connectivity index (χ0n) is 14.4. The van der Waals surface area contributed by atoms with Crippen LogP contribution in [0, 0.1) is 12.8 Å². The van der Waals surface area contributed by atoms with Crippen LogP contribution in [0.3, 0.4) is 0 Å². The standard InChI is InChI=1S/C16H28BN2O2S/c1-6-8-19(17-11-20)14(12(3)4)9-15(21-7-2)16-18-13(5)10-22-16/h10-12,14-15H,6-9H2,1-5H3/t14-,15+/m1/s1. The van der Waals surface area contributed by atoms with Gasteiger partial charge in [-0.1, -0.05) is 20.8 Å². The lowest BCUT2D eigenvalue weighted by molar-refractivity contribution is 0.0340. The van der Waals surface area contributed by atoms with Gasteiger partial charge in [-0.25, -0.2) is 4.98 Å². The third kappa shape index (κ3) is 5.82. The maximum absolute atomic E-state index is 11.0. The Morgan fingerprint density at radius 1 is 1.45 bits per heavy atom. The van der Waals surface area contributed by atoms with Crippen LogP contribution in [-0.4, -0.2) is 42.6 Å². The molecule has 0 amide bonds. The van der Waals surface area contributed by atoms with Crippen LogP contribution in [0.15, 0.2) is 5.38 Å². The number of hydrogen-bond acceptors (Lipinski definition) is 5. The third-order valence-electron chi connectivity index (χ3n) is 3.67. The van der Waals surface area contributed by atoms with Crippen LogP contribution in [0.4, 0.5) is 0 Å². The second-order valence-electron chi connectivity index (χ2n) is 5.84. The van der Waals surface area contributed by atoms with Gasteiger partial charge in [0.1, 0.15) is 11.1 Å². The SMILES string of the molecule is CCCN([B]C=O)[C@H](C[C@H](OCC)c1nc(C)cs1)C(C)C. The van der Waals surface area contributed by atoms with Gasteiger partial charge in [0.15, 0.2) is 0 Å². The highest BCUT2D eigenvalue weighted by molar-refractivity contribution is 7.09. The van der Waals surface area contributed by atoms with E-state index in [0.29, 0.717) is 12.5 Å². The van der Waals surface area contributed by atoms with Crippen molar-refractivity contribution < 1.29 is 9.53 Å². The maximum Gasteiger partial charge on any atom is 0.293 e. The number of rotatable bonds is 11. The molecule has 0 bridgehead atoms. The van der Waals surface area contributed by atoms with Crippen LogP contribution in [-0.2, 0) is 9.53 Å². The fourth-order valence-corrected chi connectivity index (χ4v) is 3.52. The average molecular weight is 323 g/mol. The summed E-state index contributed by atoms with van der Waals surface area (Å²) in [4.78, 5) is 17.7. The zero-order valence-corrected chi connectivity index (χ0v) is 15.2. The molecule has 1 radical (unpaired) electrons. The van der Waals surface area contributed by atoms with E-state index in [-0.39, 0.29) is 12.1 Å².